The minimum absolute atomic E-state index is 0.0351. The maximum absolute atomic E-state index is 13.2. The van der Waals surface area contributed by atoms with Crippen molar-refractivity contribution < 1.29 is 14.3 Å². The highest BCUT2D eigenvalue weighted by Gasteiger charge is 2.06. The van der Waals surface area contributed by atoms with Gasteiger partial charge in [-0.25, -0.2) is 4.39 Å². The SMILES string of the molecule is C[C@H](NCc1ccc(CC(=O)O)cc1)c1cccc(F)c1. The van der Waals surface area contributed by atoms with E-state index in [9.17, 15) is 9.18 Å². The fourth-order valence-corrected chi connectivity index (χ4v) is 2.11. The van der Waals surface area contributed by atoms with Crippen LogP contribution in [0.1, 0.15) is 29.7 Å². The molecule has 0 saturated carbocycles. The molecule has 0 radical (unpaired) electrons. The van der Waals surface area contributed by atoms with Gasteiger partial charge in [0, 0.05) is 12.6 Å². The van der Waals surface area contributed by atoms with Crippen LogP contribution in [0.3, 0.4) is 0 Å². The zero-order chi connectivity index (χ0) is 15.2. The molecule has 1 atom stereocenters. The van der Waals surface area contributed by atoms with Crippen LogP contribution in [-0.4, -0.2) is 11.1 Å². The third-order valence-corrected chi connectivity index (χ3v) is 3.34. The predicted molar refractivity (Wildman–Crippen MR) is 79.4 cm³/mol. The molecule has 0 aliphatic carbocycles. The van der Waals surface area contributed by atoms with Crippen molar-refractivity contribution in [1.82, 2.24) is 5.32 Å². The summed E-state index contributed by atoms with van der Waals surface area (Å²) in [7, 11) is 0. The van der Waals surface area contributed by atoms with Crippen LogP contribution in [0.2, 0.25) is 0 Å². The van der Waals surface area contributed by atoms with Crippen molar-refractivity contribution in [1.29, 1.82) is 0 Å². The van der Waals surface area contributed by atoms with E-state index in [1.165, 1.54) is 12.1 Å². The molecule has 21 heavy (non-hydrogen) atoms. The molecular weight excluding hydrogens is 269 g/mol. The van der Waals surface area contributed by atoms with Crippen LogP contribution >= 0.6 is 0 Å². The number of carbonyl (C=O) groups is 1. The Labute approximate surface area is 123 Å². The van der Waals surface area contributed by atoms with Gasteiger partial charge in [-0.3, -0.25) is 4.79 Å². The van der Waals surface area contributed by atoms with Crippen LogP contribution in [0.25, 0.3) is 0 Å². The number of hydrogen-bond donors (Lipinski definition) is 2. The van der Waals surface area contributed by atoms with Crippen LogP contribution in [-0.2, 0) is 17.8 Å². The first kappa shape index (κ1) is 15.2. The third-order valence-electron chi connectivity index (χ3n) is 3.34. The van der Waals surface area contributed by atoms with Gasteiger partial charge in [0.1, 0.15) is 5.82 Å². The normalized spacial score (nSPS) is 12.1. The fourth-order valence-electron chi connectivity index (χ4n) is 2.11. The molecule has 0 fully saturated rings. The highest BCUT2D eigenvalue weighted by atomic mass is 19.1. The van der Waals surface area contributed by atoms with Gasteiger partial charge < -0.3 is 10.4 Å². The number of aliphatic carboxylic acids is 1. The lowest BCUT2D eigenvalue weighted by molar-refractivity contribution is -0.136. The van der Waals surface area contributed by atoms with Gasteiger partial charge >= 0.3 is 5.97 Å². The summed E-state index contributed by atoms with van der Waals surface area (Å²) in [5, 5.41) is 12.0. The highest BCUT2D eigenvalue weighted by Crippen LogP contribution is 2.14. The molecule has 0 aliphatic rings. The van der Waals surface area contributed by atoms with Crippen molar-refractivity contribution in [3.8, 4) is 0 Å². The number of nitrogens with one attached hydrogen (secondary N) is 1. The van der Waals surface area contributed by atoms with E-state index in [4.69, 9.17) is 5.11 Å². The smallest absolute Gasteiger partial charge is 0.307 e. The zero-order valence-corrected chi connectivity index (χ0v) is 11.8. The first-order valence-corrected chi connectivity index (χ1v) is 6.83. The van der Waals surface area contributed by atoms with Gasteiger partial charge in [-0.1, -0.05) is 36.4 Å². The molecule has 0 saturated heterocycles. The Bertz CT molecular complexity index is 610. The first-order valence-electron chi connectivity index (χ1n) is 6.83. The van der Waals surface area contributed by atoms with Crippen LogP contribution in [0.4, 0.5) is 4.39 Å². The van der Waals surface area contributed by atoms with Gasteiger partial charge in [0.15, 0.2) is 0 Å². The van der Waals surface area contributed by atoms with Crippen molar-refractivity contribution in [3.05, 3.63) is 71.0 Å². The van der Waals surface area contributed by atoms with E-state index >= 15 is 0 Å². The maximum atomic E-state index is 13.2. The van der Waals surface area contributed by atoms with Crippen LogP contribution in [0.15, 0.2) is 48.5 Å². The van der Waals surface area contributed by atoms with E-state index in [-0.39, 0.29) is 18.3 Å². The van der Waals surface area contributed by atoms with Crippen molar-refractivity contribution in [2.45, 2.75) is 25.9 Å². The lowest BCUT2D eigenvalue weighted by Crippen LogP contribution is -2.18. The Morgan fingerprint density at radius 1 is 1.19 bits per heavy atom. The fraction of sp³-hybridized carbons (Fsp3) is 0.235. The minimum atomic E-state index is -0.833. The topological polar surface area (TPSA) is 49.3 Å². The predicted octanol–water partition coefficient (Wildman–Crippen LogP) is 3.30. The molecule has 0 heterocycles. The monoisotopic (exact) mass is 287 g/mol. The molecule has 0 aromatic heterocycles. The molecule has 0 bridgehead atoms. The van der Waals surface area contributed by atoms with Crippen LogP contribution in [0.5, 0.6) is 0 Å². The van der Waals surface area contributed by atoms with E-state index < -0.39 is 5.97 Å². The molecule has 110 valence electrons. The second-order valence-corrected chi connectivity index (χ2v) is 5.04. The minimum Gasteiger partial charge on any atom is -0.481 e. The average Bonchev–Trinajstić information content (AvgIpc) is 2.45. The summed E-state index contributed by atoms with van der Waals surface area (Å²) in [5.41, 5.74) is 2.74. The van der Waals surface area contributed by atoms with Gasteiger partial charge in [0.2, 0.25) is 0 Å². The lowest BCUT2D eigenvalue weighted by Gasteiger charge is -2.14. The van der Waals surface area contributed by atoms with Gasteiger partial charge in [-0.2, -0.15) is 0 Å². The van der Waals surface area contributed by atoms with Crippen LogP contribution in [0, 0.1) is 5.82 Å². The zero-order valence-electron chi connectivity index (χ0n) is 11.8. The van der Waals surface area contributed by atoms with Gasteiger partial charge in [-0.05, 0) is 35.7 Å². The Hall–Kier alpha value is -2.20. The molecule has 0 amide bonds. The second-order valence-electron chi connectivity index (χ2n) is 5.04. The van der Waals surface area contributed by atoms with E-state index in [0.717, 1.165) is 16.7 Å². The Morgan fingerprint density at radius 2 is 1.86 bits per heavy atom. The van der Waals surface area contributed by atoms with E-state index in [0.29, 0.717) is 6.54 Å². The summed E-state index contributed by atoms with van der Waals surface area (Å²) in [5.74, 6) is -1.07. The van der Waals surface area contributed by atoms with Crippen LogP contribution < -0.4 is 5.32 Å². The largest absolute Gasteiger partial charge is 0.481 e. The maximum Gasteiger partial charge on any atom is 0.307 e. The van der Waals surface area contributed by atoms with Gasteiger partial charge in [0.05, 0.1) is 6.42 Å². The molecule has 4 heteroatoms. The summed E-state index contributed by atoms with van der Waals surface area (Å²) in [6, 6.07) is 14.0. The summed E-state index contributed by atoms with van der Waals surface area (Å²) in [6.07, 6.45) is 0.0351. The molecule has 2 rings (SSSR count). The van der Waals surface area contributed by atoms with Crippen molar-refractivity contribution >= 4 is 5.97 Å². The number of halogens is 1. The van der Waals surface area contributed by atoms with E-state index in [2.05, 4.69) is 5.32 Å². The number of rotatable bonds is 6. The summed E-state index contributed by atoms with van der Waals surface area (Å²) in [4.78, 5) is 10.6. The molecule has 3 nitrogen and oxygen atoms in total. The Morgan fingerprint density at radius 3 is 2.48 bits per heavy atom. The van der Waals surface area contributed by atoms with Crippen molar-refractivity contribution in [2.24, 2.45) is 0 Å². The summed E-state index contributed by atoms with van der Waals surface area (Å²) in [6.45, 7) is 2.62. The van der Waals surface area contributed by atoms with E-state index in [1.54, 1.807) is 6.07 Å². The third kappa shape index (κ3) is 4.68. The molecular formula is C17H18FNO2. The molecule has 0 unspecified atom stereocenters. The molecule has 2 aromatic carbocycles. The summed E-state index contributed by atoms with van der Waals surface area (Å²) < 4.78 is 13.2. The summed E-state index contributed by atoms with van der Waals surface area (Å²) >= 11 is 0. The van der Waals surface area contributed by atoms with Gasteiger partial charge in [-0.15, -0.1) is 0 Å². The Balaban J connectivity index is 1.92. The standard InChI is InChI=1S/C17H18FNO2/c1-12(15-3-2-4-16(18)10-15)19-11-14-7-5-13(6-8-14)9-17(20)21/h2-8,10,12,19H,9,11H2,1H3,(H,20,21)/t12-/m0/s1. The number of carboxylic acids is 1. The second kappa shape index (κ2) is 6.99. The van der Waals surface area contributed by atoms with Crippen molar-refractivity contribution in [2.75, 3.05) is 0 Å². The molecule has 0 spiro atoms. The highest BCUT2D eigenvalue weighted by molar-refractivity contribution is 5.70. The average molecular weight is 287 g/mol. The molecule has 2 N–H and O–H groups in total. The number of carboxylic acid groups (broad SMARTS) is 1. The molecule has 2 aromatic rings. The van der Waals surface area contributed by atoms with Gasteiger partial charge in [0.25, 0.3) is 0 Å². The van der Waals surface area contributed by atoms with E-state index in [1.807, 2.05) is 37.3 Å². The van der Waals surface area contributed by atoms with Crippen molar-refractivity contribution in [3.63, 3.8) is 0 Å². The molecule has 0 aliphatic heterocycles. The quantitative estimate of drug-likeness (QED) is 0.857. The first-order chi connectivity index (χ1) is 10.0. The number of hydrogen-bond acceptors (Lipinski definition) is 2. The number of benzene rings is 2. The lowest BCUT2D eigenvalue weighted by atomic mass is 10.1. The Kier molecular flexibility index (Phi) is 5.06.